The third-order valence-electron chi connectivity index (χ3n) is 3.65. The van der Waals surface area contributed by atoms with Gasteiger partial charge in [-0.05, 0) is 48.4 Å². The molecule has 0 aliphatic heterocycles. The van der Waals surface area contributed by atoms with Gasteiger partial charge in [-0.15, -0.1) is 0 Å². The zero-order valence-electron chi connectivity index (χ0n) is 12.3. The number of benzene rings is 2. The van der Waals surface area contributed by atoms with E-state index in [1.165, 1.54) is 5.56 Å². The monoisotopic (exact) mass is 322 g/mol. The molecular weight excluding hydrogens is 303 g/mol. The third-order valence-corrected chi connectivity index (χ3v) is 4.36. The second kappa shape index (κ2) is 7.17. The predicted molar refractivity (Wildman–Crippen MR) is 92.7 cm³/mol. The summed E-state index contributed by atoms with van der Waals surface area (Å²) in [6.07, 6.45) is 0.742. The van der Waals surface area contributed by atoms with Crippen LogP contribution in [0.15, 0.2) is 42.5 Å². The number of hydrogen-bond acceptors (Lipinski definition) is 2. The van der Waals surface area contributed by atoms with Crippen LogP contribution in [0.4, 0.5) is 5.69 Å². The molecule has 4 heteroatoms. The van der Waals surface area contributed by atoms with Crippen molar-refractivity contribution in [3.05, 3.63) is 63.6 Å². The smallest absolute Gasteiger partial charge is 0.0453 e. The molecule has 0 aliphatic carbocycles. The first-order valence-electron chi connectivity index (χ1n) is 6.93. The highest BCUT2D eigenvalue weighted by atomic mass is 35.5. The van der Waals surface area contributed by atoms with Crippen molar-refractivity contribution >= 4 is 28.9 Å². The van der Waals surface area contributed by atoms with Crippen LogP contribution in [0.1, 0.15) is 17.0 Å². The second-order valence-corrected chi connectivity index (χ2v) is 6.14. The van der Waals surface area contributed by atoms with Gasteiger partial charge in [0.05, 0.1) is 0 Å². The summed E-state index contributed by atoms with van der Waals surface area (Å²) in [4.78, 5) is 2.08. The third kappa shape index (κ3) is 3.91. The van der Waals surface area contributed by atoms with Crippen molar-refractivity contribution in [2.24, 2.45) is 5.73 Å². The molecule has 0 saturated carbocycles. The van der Waals surface area contributed by atoms with Gasteiger partial charge < -0.3 is 10.6 Å². The number of hydrogen-bond donors (Lipinski definition) is 1. The van der Waals surface area contributed by atoms with E-state index in [0.717, 1.165) is 17.7 Å². The summed E-state index contributed by atoms with van der Waals surface area (Å²) in [5.41, 5.74) is 9.31. The Bertz CT molecular complexity index is 591. The fourth-order valence-corrected chi connectivity index (χ4v) is 2.92. The lowest BCUT2D eigenvalue weighted by Crippen LogP contribution is -2.16. The van der Waals surface area contributed by atoms with Gasteiger partial charge in [0.15, 0.2) is 0 Å². The summed E-state index contributed by atoms with van der Waals surface area (Å²) < 4.78 is 0. The lowest BCUT2D eigenvalue weighted by molar-refractivity contribution is 0.694. The van der Waals surface area contributed by atoms with Gasteiger partial charge in [-0.2, -0.15) is 0 Å². The summed E-state index contributed by atoms with van der Waals surface area (Å²) >= 11 is 12.5. The van der Waals surface area contributed by atoms with Crippen LogP contribution < -0.4 is 10.6 Å². The van der Waals surface area contributed by atoms with E-state index in [-0.39, 0.29) is 5.92 Å². The first-order chi connectivity index (χ1) is 10.0. The minimum Gasteiger partial charge on any atom is -0.378 e. The number of halogens is 2. The Hall–Kier alpha value is -1.22. The molecule has 0 radical (unpaired) electrons. The van der Waals surface area contributed by atoms with Crippen LogP contribution in [-0.4, -0.2) is 20.6 Å². The van der Waals surface area contributed by atoms with E-state index in [0.29, 0.717) is 16.6 Å². The van der Waals surface area contributed by atoms with Gasteiger partial charge in [0.1, 0.15) is 0 Å². The Kier molecular flexibility index (Phi) is 5.51. The molecule has 112 valence electrons. The molecule has 0 spiro atoms. The van der Waals surface area contributed by atoms with Crippen LogP contribution in [0.2, 0.25) is 10.0 Å². The number of anilines is 1. The van der Waals surface area contributed by atoms with E-state index in [2.05, 4.69) is 29.2 Å². The molecule has 0 aromatic heterocycles. The molecule has 0 amide bonds. The molecule has 2 aromatic carbocycles. The van der Waals surface area contributed by atoms with E-state index < -0.39 is 0 Å². The molecule has 0 bridgehead atoms. The Morgan fingerprint density at radius 2 is 1.67 bits per heavy atom. The standard InChI is InChI=1S/C17H20Cl2N2/c1-21(2)14-6-3-5-12(9-14)13(11-20)10-15-16(18)7-4-8-17(15)19/h3-9,13H,10-11,20H2,1-2H3. The van der Waals surface area contributed by atoms with Crippen molar-refractivity contribution in [2.45, 2.75) is 12.3 Å². The van der Waals surface area contributed by atoms with Crippen molar-refractivity contribution < 1.29 is 0 Å². The van der Waals surface area contributed by atoms with Crippen LogP contribution in [0, 0.1) is 0 Å². The summed E-state index contributed by atoms with van der Waals surface area (Å²) in [5, 5.41) is 1.40. The van der Waals surface area contributed by atoms with Gasteiger partial charge in [0, 0.05) is 35.7 Å². The molecule has 0 fully saturated rings. The van der Waals surface area contributed by atoms with Crippen LogP contribution >= 0.6 is 23.2 Å². The van der Waals surface area contributed by atoms with Crippen LogP contribution in [0.3, 0.4) is 0 Å². The average molecular weight is 323 g/mol. The van der Waals surface area contributed by atoms with Crippen LogP contribution in [0.25, 0.3) is 0 Å². The molecule has 2 aromatic rings. The van der Waals surface area contributed by atoms with Gasteiger partial charge in [0.25, 0.3) is 0 Å². The molecule has 2 rings (SSSR count). The maximum absolute atomic E-state index is 6.27. The van der Waals surface area contributed by atoms with Gasteiger partial charge in [-0.1, -0.05) is 41.4 Å². The highest BCUT2D eigenvalue weighted by molar-refractivity contribution is 6.36. The summed E-state index contributed by atoms with van der Waals surface area (Å²) in [6.45, 7) is 0.554. The van der Waals surface area contributed by atoms with Crippen LogP contribution in [-0.2, 0) is 6.42 Å². The second-order valence-electron chi connectivity index (χ2n) is 5.33. The summed E-state index contributed by atoms with van der Waals surface area (Å²) in [6, 6.07) is 14.0. The minimum absolute atomic E-state index is 0.197. The molecule has 1 atom stereocenters. The Morgan fingerprint density at radius 1 is 1.05 bits per heavy atom. The topological polar surface area (TPSA) is 29.3 Å². The largest absolute Gasteiger partial charge is 0.378 e. The number of nitrogens with two attached hydrogens (primary N) is 1. The lowest BCUT2D eigenvalue weighted by atomic mass is 9.91. The van der Waals surface area contributed by atoms with Gasteiger partial charge in [-0.25, -0.2) is 0 Å². The maximum Gasteiger partial charge on any atom is 0.0453 e. The zero-order valence-corrected chi connectivity index (χ0v) is 13.8. The number of rotatable bonds is 5. The van der Waals surface area contributed by atoms with E-state index in [4.69, 9.17) is 28.9 Å². The maximum atomic E-state index is 6.27. The fraction of sp³-hybridized carbons (Fsp3) is 0.294. The SMILES string of the molecule is CN(C)c1cccc(C(CN)Cc2c(Cl)cccc2Cl)c1. The van der Waals surface area contributed by atoms with Crippen molar-refractivity contribution in [3.8, 4) is 0 Å². The van der Waals surface area contributed by atoms with E-state index in [1.807, 2.05) is 32.3 Å². The zero-order chi connectivity index (χ0) is 15.4. The van der Waals surface area contributed by atoms with Crippen molar-refractivity contribution in [2.75, 3.05) is 25.5 Å². The van der Waals surface area contributed by atoms with Crippen molar-refractivity contribution in [1.82, 2.24) is 0 Å². The van der Waals surface area contributed by atoms with Gasteiger partial charge in [-0.3, -0.25) is 0 Å². The molecule has 0 saturated heterocycles. The summed E-state index contributed by atoms with van der Waals surface area (Å²) in [5.74, 6) is 0.197. The highest BCUT2D eigenvalue weighted by Gasteiger charge is 2.15. The Labute approximate surface area is 136 Å². The Morgan fingerprint density at radius 3 is 2.24 bits per heavy atom. The molecule has 0 heterocycles. The molecule has 2 N–H and O–H groups in total. The van der Waals surface area contributed by atoms with Crippen molar-refractivity contribution in [3.63, 3.8) is 0 Å². The molecular formula is C17H20Cl2N2. The molecule has 21 heavy (non-hydrogen) atoms. The fourth-order valence-electron chi connectivity index (χ4n) is 2.37. The van der Waals surface area contributed by atoms with Gasteiger partial charge >= 0.3 is 0 Å². The normalized spacial score (nSPS) is 12.2. The minimum atomic E-state index is 0.197. The van der Waals surface area contributed by atoms with Crippen molar-refractivity contribution in [1.29, 1.82) is 0 Å². The van der Waals surface area contributed by atoms with E-state index in [1.54, 1.807) is 0 Å². The molecule has 2 nitrogen and oxygen atoms in total. The number of nitrogens with zero attached hydrogens (tertiary/aromatic N) is 1. The summed E-state index contributed by atoms with van der Waals surface area (Å²) in [7, 11) is 4.06. The van der Waals surface area contributed by atoms with Crippen LogP contribution in [0.5, 0.6) is 0 Å². The first-order valence-corrected chi connectivity index (χ1v) is 7.68. The van der Waals surface area contributed by atoms with Gasteiger partial charge in [0.2, 0.25) is 0 Å². The molecule has 1 unspecified atom stereocenters. The Balaban J connectivity index is 2.30. The highest BCUT2D eigenvalue weighted by Crippen LogP contribution is 2.31. The first kappa shape index (κ1) is 16.2. The van der Waals surface area contributed by atoms with E-state index >= 15 is 0 Å². The van der Waals surface area contributed by atoms with E-state index in [9.17, 15) is 0 Å². The predicted octanol–water partition coefficient (Wildman–Crippen LogP) is 4.34. The quantitative estimate of drug-likeness (QED) is 0.887. The lowest BCUT2D eigenvalue weighted by Gasteiger charge is -2.20. The molecule has 0 aliphatic rings. The average Bonchev–Trinajstić information content (AvgIpc) is 2.47.